The van der Waals surface area contributed by atoms with Gasteiger partial charge in [-0.2, -0.15) is 5.10 Å². The highest BCUT2D eigenvalue weighted by Gasteiger charge is 2.13. The lowest BCUT2D eigenvalue weighted by molar-refractivity contribution is 0.169. The summed E-state index contributed by atoms with van der Waals surface area (Å²) in [5.74, 6) is -1.17. The second-order valence-corrected chi connectivity index (χ2v) is 4.15. The summed E-state index contributed by atoms with van der Waals surface area (Å²) < 4.78 is 28.1. The summed E-state index contributed by atoms with van der Waals surface area (Å²) in [5.41, 5.74) is -0.0356. The van der Waals surface area contributed by atoms with Gasteiger partial charge in [0.1, 0.15) is 11.6 Å². The first-order valence-corrected chi connectivity index (χ1v) is 5.98. The molecular formula is C13H15F2N3O. The van der Waals surface area contributed by atoms with Gasteiger partial charge in [-0.25, -0.2) is 8.78 Å². The second kappa shape index (κ2) is 6.40. The molecule has 102 valence electrons. The minimum atomic E-state index is -1.08. The third kappa shape index (κ3) is 3.84. The van der Waals surface area contributed by atoms with Crippen molar-refractivity contribution in [2.75, 3.05) is 13.1 Å². The predicted octanol–water partition coefficient (Wildman–Crippen LogP) is 1.48. The third-order valence-electron chi connectivity index (χ3n) is 2.73. The molecule has 2 N–H and O–H groups in total. The quantitative estimate of drug-likeness (QED) is 0.780. The summed E-state index contributed by atoms with van der Waals surface area (Å²) in [6, 6.07) is 4.86. The highest BCUT2D eigenvalue weighted by molar-refractivity contribution is 5.21. The average molecular weight is 267 g/mol. The number of hydrogen-bond acceptors (Lipinski definition) is 3. The van der Waals surface area contributed by atoms with E-state index in [4.69, 9.17) is 0 Å². The van der Waals surface area contributed by atoms with Crippen LogP contribution in [0.5, 0.6) is 0 Å². The van der Waals surface area contributed by atoms with E-state index < -0.39 is 17.7 Å². The maximum absolute atomic E-state index is 13.4. The van der Waals surface area contributed by atoms with Crippen molar-refractivity contribution < 1.29 is 13.9 Å². The Hall–Kier alpha value is -1.79. The molecule has 6 heteroatoms. The fraction of sp³-hybridized carbons (Fsp3) is 0.308. The predicted molar refractivity (Wildman–Crippen MR) is 66.4 cm³/mol. The molecule has 19 heavy (non-hydrogen) atoms. The first-order chi connectivity index (χ1) is 9.16. The smallest absolute Gasteiger partial charge is 0.129 e. The number of nitrogens with zero attached hydrogens (tertiary/aromatic N) is 2. The molecule has 0 fully saturated rings. The highest BCUT2D eigenvalue weighted by atomic mass is 19.1. The van der Waals surface area contributed by atoms with Crippen LogP contribution in [-0.4, -0.2) is 28.0 Å². The molecule has 0 spiro atoms. The maximum Gasteiger partial charge on any atom is 0.129 e. The molecule has 1 heterocycles. The first kappa shape index (κ1) is 13.6. The Labute approximate surface area is 109 Å². The lowest BCUT2D eigenvalue weighted by Crippen LogP contribution is -2.26. The molecule has 2 aromatic rings. The van der Waals surface area contributed by atoms with Gasteiger partial charge in [-0.05, 0) is 24.3 Å². The molecule has 1 aromatic carbocycles. The summed E-state index contributed by atoms with van der Waals surface area (Å²) in [6.45, 7) is 1.38. The number of aliphatic hydroxyl groups excluding tert-OH is 1. The van der Waals surface area contributed by atoms with Crippen LogP contribution in [0.1, 0.15) is 11.7 Å². The van der Waals surface area contributed by atoms with Gasteiger partial charge < -0.3 is 10.4 Å². The van der Waals surface area contributed by atoms with Crippen LogP contribution in [0.4, 0.5) is 8.78 Å². The average Bonchev–Trinajstić information content (AvgIpc) is 2.90. The number of halogens is 2. The van der Waals surface area contributed by atoms with Crippen LogP contribution in [0.15, 0.2) is 36.7 Å². The monoisotopic (exact) mass is 267 g/mol. The molecule has 0 saturated carbocycles. The molecule has 0 amide bonds. The van der Waals surface area contributed by atoms with Crippen molar-refractivity contribution in [2.45, 2.75) is 12.6 Å². The molecule has 0 saturated heterocycles. The molecule has 0 aliphatic carbocycles. The molecule has 0 aliphatic heterocycles. The number of nitrogens with one attached hydrogen (secondary N) is 1. The molecule has 2 rings (SSSR count). The summed E-state index contributed by atoms with van der Waals surface area (Å²) in [6.07, 6.45) is 2.43. The normalized spacial score (nSPS) is 12.6. The van der Waals surface area contributed by atoms with Crippen LogP contribution in [-0.2, 0) is 6.54 Å². The van der Waals surface area contributed by atoms with Gasteiger partial charge in [-0.15, -0.1) is 0 Å². The first-order valence-electron chi connectivity index (χ1n) is 5.98. The van der Waals surface area contributed by atoms with Gasteiger partial charge in [0.2, 0.25) is 0 Å². The Kier molecular flexibility index (Phi) is 4.59. The van der Waals surface area contributed by atoms with E-state index in [9.17, 15) is 13.9 Å². The maximum atomic E-state index is 13.4. The van der Waals surface area contributed by atoms with Crippen LogP contribution in [0, 0.1) is 11.6 Å². The van der Waals surface area contributed by atoms with E-state index in [0.717, 1.165) is 18.2 Å². The van der Waals surface area contributed by atoms with Crippen molar-refractivity contribution in [3.8, 4) is 0 Å². The minimum absolute atomic E-state index is 0.0356. The number of aromatic nitrogens is 2. The fourth-order valence-corrected chi connectivity index (χ4v) is 1.75. The van der Waals surface area contributed by atoms with E-state index in [1.807, 2.05) is 12.3 Å². The van der Waals surface area contributed by atoms with E-state index in [-0.39, 0.29) is 12.1 Å². The van der Waals surface area contributed by atoms with Crippen LogP contribution < -0.4 is 5.32 Å². The molecule has 1 aromatic heterocycles. The molecular weight excluding hydrogens is 252 g/mol. The minimum Gasteiger partial charge on any atom is -0.387 e. The van der Waals surface area contributed by atoms with Gasteiger partial charge in [-0.1, -0.05) is 0 Å². The molecule has 1 atom stereocenters. The van der Waals surface area contributed by atoms with Gasteiger partial charge in [-0.3, -0.25) is 4.68 Å². The molecule has 0 aliphatic rings. The molecule has 1 unspecified atom stereocenters. The SMILES string of the molecule is OC(CNCCn1cccn1)c1cc(F)ccc1F. The fourth-order valence-electron chi connectivity index (χ4n) is 1.75. The number of benzene rings is 1. The van der Waals surface area contributed by atoms with E-state index in [1.165, 1.54) is 0 Å². The number of rotatable bonds is 6. The Morgan fingerprint density at radius 1 is 1.37 bits per heavy atom. The van der Waals surface area contributed by atoms with Crippen molar-refractivity contribution in [1.82, 2.24) is 15.1 Å². The van der Waals surface area contributed by atoms with Gasteiger partial charge in [0.15, 0.2) is 0 Å². The van der Waals surface area contributed by atoms with Crippen molar-refractivity contribution in [2.24, 2.45) is 0 Å². The zero-order valence-electron chi connectivity index (χ0n) is 10.3. The Morgan fingerprint density at radius 3 is 2.95 bits per heavy atom. The largest absolute Gasteiger partial charge is 0.387 e. The van der Waals surface area contributed by atoms with Crippen molar-refractivity contribution >= 4 is 0 Å². The summed E-state index contributed by atoms with van der Waals surface area (Å²) in [7, 11) is 0. The van der Waals surface area contributed by atoms with Gasteiger partial charge in [0.25, 0.3) is 0 Å². The highest BCUT2D eigenvalue weighted by Crippen LogP contribution is 2.17. The van der Waals surface area contributed by atoms with Crippen LogP contribution >= 0.6 is 0 Å². The van der Waals surface area contributed by atoms with Gasteiger partial charge in [0, 0.05) is 31.0 Å². The summed E-state index contributed by atoms with van der Waals surface area (Å²) >= 11 is 0. The van der Waals surface area contributed by atoms with Crippen molar-refractivity contribution in [3.05, 3.63) is 53.9 Å². The van der Waals surface area contributed by atoms with E-state index >= 15 is 0 Å². The Bertz CT molecular complexity index is 517. The lowest BCUT2D eigenvalue weighted by atomic mass is 10.1. The third-order valence-corrected chi connectivity index (χ3v) is 2.73. The summed E-state index contributed by atoms with van der Waals surface area (Å²) in [4.78, 5) is 0. The van der Waals surface area contributed by atoms with Gasteiger partial charge >= 0.3 is 0 Å². The Morgan fingerprint density at radius 2 is 2.21 bits per heavy atom. The summed E-state index contributed by atoms with van der Waals surface area (Å²) in [5, 5.41) is 16.8. The zero-order chi connectivity index (χ0) is 13.7. The van der Waals surface area contributed by atoms with Crippen LogP contribution in [0.25, 0.3) is 0 Å². The number of hydrogen-bond donors (Lipinski definition) is 2. The molecule has 0 radical (unpaired) electrons. The Balaban J connectivity index is 1.80. The van der Waals surface area contributed by atoms with E-state index in [1.54, 1.807) is 10.9 Å². The van der Waals surface area contributed by atoms with E-state index in [2.05, 4.69) is 10.4 Å². The van der Waals surface area contributed by atoms with Gasteiger partial charge in [0.05, 0.1) is 12.6 Å². The van der Waals surface area contributed by atoms with Crippen LogP contribution in [0.3, 0.4) is 0 Å². The standard InChI is InChI=1S/C13H15F2N3O/c14-10-2-3-12(15)11(8-10)13(19)9-16-5-7-18-6-1-4-17-18/h1-4,6,8,13,16,19H,5,7,9H2. The van der Waals surface area contributed by atoms with Crippen molar-refractivity contribution in [3.63, 3.8) is 0 Å². The second-order valence-electron chi connectivity index (χ2n) is 4.15. The van der Waals surface area contributed by atoms with E-state index in [0.29, 0.717) is 13.1 Å². The topological polar surface area (TPSA) is 50.1 Å². The van der Waals surface area contributed by atoms with Crippen molar-refractivity contribution in [1.29, 1.82) is 0 Å². The molecule has 0 bridgehead atoms. The van der Waals surface area contributed by atoms with Crippen LogP contribution in [0.2, 0.25) is 0 Å². The molecule has 4 nitrogen and oxygen atoms in total. The zero-order valence-corrected chi connectivity index (χ0v) is 10.3. The number of aliphatic hydroxyl groups is 1. The lowest BCUT2D eigenvalue weighted by Gasteiger charge is -2.13.